The highest BCUT2D eigenvalue weighted by atomic mass is 32.2. The minimum Gasteiger partial charge on any atom is -0.497 e. The number of aliphatic hydroxyl groups excluding tert-OH is 1. The summed E-state index contributed by atoms with van der Waals surface area (Å²) in [5.41, 5.74) is 2.34. The van der Waals surface area contributed by atoms with E-state index in [1.807, 2.05) is 30.3 Å². The maximum Gasteiger partial charge on any atom is 0.118 e. The third-order valence-corrected chi connectivity index (χ3v) is 4.56. The molecule has 0 aromatic heterocycles. The Morgan fingerprint density at radius 2 is 1.79 bits per heavy atom. The van der Waals surface area contributed by atoms with Crippen molar-refractivity contribution < 1.29 is 14.6 Å². The van der Waals surface area contributed by atoms with Gasteiger partial charge in [0.1, 0.15) is 5.75 Å². The van der Waals surface area contributed by atoms with Crippen LogP contribution in [0.25, 0.3) is 0 Å². The average Bonchev–Trinajstić information content (AvgIpc) is 2.61. The molecule has 1 N–H and O–H groups in total. The van der Waals surface area contributed by atoms with E-state index in [2.05, 4.69) is 31.2 Å². The van der Waals surface area contributed by atoms with Crippen LogP contribution in [-0.4, -0.2) is 30.7 Å². The van der Waals surface area contributed by atoms with Gasteiger partial charge in [-0.1, -0.05) is 42.0 Å². The Morgan fingerprint density at radius 1 is 1.08 bits per heavy atom. The number of benzene rings is 2. The Labute approximate surface area is 148 Å². The number of rotatable bonds is 9. The van der Waals surface area contributed by atoms with Crippen molar-refractivity contribution >= 4 is 11.8 Å². The summed E-state index contributed by atoms with van der Waals surface area (Å²) < 4.78 is 10.7. The molecular formula is C20H24O3S. The Kier molecular flexibility index (Phi) is 7.89. The van der Waals surface area contributed by atoms with Gasteiger partial charge in [0.2, 0.25) is 0 Å². The second-order valence-corrected chi connectivity index (χ2v) is 6.58. The van der Waals surface area contributed by atoms with Crippen molar-refractivity contribution in [3.8, 4) is 5.75 Å². The molecule has 0 aliphatic carbocycles. The van der Waals surface area contributed by atoms with Gasteiger partial charge in [-0.15, -0.1) is 11.8 Å². The molecule has 128 valence electrons. The van der Waals surface area contributed by atoms with Crippen LogP contribution in [0.3, 0.4) is 0 Å². The molecule has 24 heavy (non-hydrogen) atoms. The molecule has 0 aliphatic heterocycles. The molecule has 3 nitrogen and oxygen atoms in total. The van der Waals surface area contributed by atoms with Crippen molar-refractivity contribution in [2.75, 3.05) is 19.5 Å². The molecule has 0 heterocycles. The first-order valence-electron chi connectivity index (χ1n) is 7.92. The molecular weight excluding hydrogens is 320 g/mol. The van der Waals surface area contributed by atoms with Gasteiger partial charge in [0.05, 0.1) is 26.4 Å². The van der Waals surface area contributed by atoms with Crippen LogP contribution in [0.2, 0.25) is 0 Å². The van der Waals surface area contributed by atoms with Crippen LogP contribution in [0, 0.1) is 6.92 Å². The lowest BCUT2D eigenvalue weighted by molar-refractivity contribution is 0.147. The van der Waals surface area contributed by atoms with Crippen LogP contribution in [0.15, 0.2) is 65.6 Å². The first kappa shape index (κ1) is 18.6. The Balaban J connectivity index is 1.62. The molecule has 4 heteroatoms. The molecule has 0 bridgehead atoms. The zero-order valence-electron chi connectivity index (χ0n) is 14.1. The van der Waals surface area contributed by atoms with Crippen molar-refractivity contribution in [1.29, 1.82) is 0 Å². The topological polar surface area (TPSA) is 38.7 Å². The largest absolute Gasteiger partial charge is 0.497 e. The van der Waals surface area contributed by atoms with E-state index < -0.39 is 6.10 Å². The van der Waals surface area contributed by atoms with Crippen LogP contribution in [0.5, 0.6) is 5.75 Å². The molecule has 2 aromatic rings. The van der Waals surface area contributed by atoms with Gasteiger partial charge in [-0.05, 0) is 36.8 Å². The van der Waals surface area contributed by atoms with E-state index in [0.717, 1.165) is 11.3 Å². The second kappa shape index (κ2) is 10.2. The molecule has 2 aromatic carbocycles. The third-order valence-electron chi connectivity index (χ3n) is 3.44. The predicted molar refractivity (Wildman–Crippen MR) is 99.7 cm³/mol. The molecule has 0 radical (unpaired) electrons. The van der Waals surface area contributed by atoms with Gasteiger partial charge in [0.15, 0.2) is 0 Å². The zero-order chi connectivity index (χ0) is 17.2. The summed E-state index contributed by atoms with van der Waals surface area (Å²) in [4.78, 5) is 1.17. The monoisotopic (exact) mass is 344 g/mol. The molecule has 0 unspecified atom stereocenters. The molecule has 0 spiro atoms. The number of aliphatic hydroxyl groups is 1. The normalized spacial score (nSPS) is 12.5. The van der Waals surface area contributed by atoms with Crippen molar-refractivity contribution in [2.24, 2.45) is 0 Å². The lowest BCUT2D eigenvalue weighted by Gasteiger charge is -2.06. The Bertz CT molecular complexity index is 620. The van der Waals surface area contributed by atoms with E-state index in [1.165, 1.54) is 10.5 Å². The molecule has 0 saturated carbocycles. The Hall–Kier alpha value is -1.75. The van der Waals surface area contributed by atoms with Crippen molar-refractivity contribution in [2.45, 2.75) is 24.5 Å². The number of hydrogen-bond acceptors (Lipinski definition) is 4. The smallest absolute Gasteiger partial charge is 0.118 e. The fraction of sp³-hybridized carbons (Fsp3) is 0.300. The highest BCUT2D eigenvalue weighted by Crippen LogP contribution is 2.19. The molecule has 0 saturated heterocycles. The van der Waals surface area contributed by atoms with Gasteiger partial charge < -0.3 is 14.6 Å². The standard InChI is InChI=1S/C20H24O3S/c1-16-5-11-20(12-6-16)24-15-18(21)4-3-13-23-14-17-7-9-19(22-2)10-8-17/h3-12,18,21H,13-15H2,1-2H3/b4-3+/t18-/m0/s1. The summed E-state index contributed by atoms with van der Waals surface area (Å²) >= 11 is 1.65. The van der Waals surface area contributed by atoms with Crippen LogP contribution < -0.4 is 4.74 Å². The van der Waals surface area contributed by atoms with E-state index >= 15 is 0 Å². The predicted octanol–water partition coefficient (Wildman–Crippen LogP) is 4.23. The lowest BCUT2D eigenvalue weighted by atomic mass is 10.2. The SMILES string of the molecule is COc1ccc(COC/C=C/[C@H](O)CSc2ccc(C)cc2)cc1. The van der Waals surface area contributed by atoms with E-state index in [4.69, 9.17) is 9.47 Å². The number of methoxy groups -OCH3 is 1. The highest BCUT2D eigenvalue weighted by Gasteiger charge is 2.01. The van der Waals surface area contributed by atoms with Gasteiger partial charge >= 0.3 is 0 Å². The summed E-state index contributed by atoms with van der Waals surface area (Å²) in [6, 6.07) is 16.1. The maximum atomic E-state index is 9.96. The number of hydrogen-bond donors (Lipinski definition) is 1. The van der Waals surface area contributed by atoms with Crippen molar-refractivity contribution in [3.05, 3.63) is 71.8 Å². The molecule has 0 amide bonds. The summed E-state index contributed by atoms with van der Waals surface area (Å²) in [6.07, 6.45) is 3.18. The van der Waals surface area contributed by atoms with Gasteiger partial charge in [0, 0.05) is 10.6 Å². The fourth-order valence-electron chi connectivity index (χ4n) is 2.05. The van der Waals surface area contributed by atoms with Gasteiger partial charge in [-0.2, -0.15) is 0 Å². The van der Waals surface area contributed by atoms with E-state index in [9.17, 15) is 5.11 Å². The first-order chi connectivity index (χ1) is 11.7. The average molecular weight is 344 g/mol. The van der Waals surface area contributed by atoms with Crippen LogP contribution in [0.4, 0.5) is 0 Å². The summed E-state index contributed by atoms with van der Waals surface area (Å²) in [5, 5.41) is 9.96. The fourth-order valence-corrected chi connectivity index (χ4v) is 2.85. The summed E-state index contributed by atoms with van der Waals surface area (Å²) in [7, 11) is 1.65. The minimum absolute atomic E-state index is 0.471. The van der Waals surface area contributed by atoms with Gasteiger partial charge in [-0.25, -0.2) is 0 Å². The minimum atomic E-state index is -0.471. The highest BCUT2D eigenvalue weighted by molar-refractivity contribution is 7.99. The van der Waals surface area contributed by atoms with E-state index in [1.54, 1.807) is 24.9 Å². The second-order valence-electron chi connectivity index (χ2n) is 5.48. The van der Waals surface area contributed by atoms with Crippen LogP contribution in [0.1, 0.15) is 11.1 Å². The summed E-state index contributed by atoms with van der Waals surface area (Å²) in [5.74, 6) is 1.48. The van der Waals surface area contributed by atoms with Crippen molar-refractivity contribution in [3.63, 3.8) is 0 Å². The van der Waals surface area contributed by atoms with Crippen molar-refractivity contribution in [1.82, 2.24) is 0 Å². The van der Waals surface area contributed by atoms with Gasteiger partial charge in [-0.3, -0.25) is 0 Å². The number of ether oxygens (including phenoxy) is 2. The first-order valence-corrected chi connectivity index (χ1v) is 8.91. The molecule has 1 atom stereocenters. The number of aryl methyl sites for hydroxylation is 1. The molecule has 0 aliphatic rings. The van der Waals surface area contributed by atoms with E-state index in [0.29, 0.717) is 19.0 Å². The van der Waals surface area contributed by atoms with Crippen LogP contribution >= 0.6 is 11.8 Å². The number of thioether (sulfide) groups is 1. The lowest BCUT2D eigenvalue weighted by Crippen LogP contribution is -2.06. The quantitative estimate of drug-likeness (QED) is 0.420. The molecule has 2 rings (SSSR count). The zero-order valence-corrected chi connectivity index (χ0v) is 15.0. The Morgan fingerprint density at radius 3 is 2.46 bits per heavy atom. The van der Waals surface area contributed by atoms with Crippen LogP contribution in [-0.2, 0) is 11.3 Å². The summed E-state index contributed by atoms with van der Waals surface area (Å²) in [6.45, 7) is 3.10. The van der Waals surface area contributed by atoms with E-state index in [-0.39, 0.29) is 0 Å². The third kappa shape index (κ3) is 6.79. The van der Waals surface area contributed by atoms with Gasteiger partial charge in [0.25, 0.3) is 0 Å². The maximum absolute atomic E-state index is 9.96. The molecule has 0 fully saturated rings.